The molecule has 0 aliphatic rings. The molecule has 5 nitrogen and oxygen atoms in total. The maximum absolute atomic E-state index is 5.73. The van der Waals surface area contributed by atoms with Gasteiger partial charge in [0.25, 0.3) is 0 Å². The minimum absolute atomic E-state index is 0.242. The first kappa shape index (κ1) is 10.2. The van der Waals surface area contributed by atoms with Gasteiger partial charge < -0.3 is 16.2 Å². The number of rotatable bonds is 2. The molecule has 0 atom stereocenters. The van der Waals surface area contributed by atoms with Gasteiger partial charge in [0.1, 0.15) is 5.75 Å². The van der Waals surface area contributed by atoms with Crippen molar-refractivity contribution in [2.75, 3.05) is 18.6 Å². The number of hydrogen-bond acceptors (Lipinski definition) is 5. The smallest absolute Gasteiger partial charge is 0.219 e. The summed E-state index contributed by atoms with van der Waals surface area (Å²) in [6.45, 7) is 0. The standard InChI is InChI=1S/C11H12N4O/c1-16-10-3-2-8(12)4-9(10)7-5-14-11(13)15-6-7/h2-6H,12H2,1H3,(H2,13,14,15). The summed E-state index contributed by atoms with van der Waals surface area (Å²) in [7, 11) is 1.60. The van der Waals surface area contributed by atoms with Crippen molar-refractivity contribution in [2.45, 2.75) is 0 Å². The Morgan fingerprint density at radius 3 is 2.44 bits per heavy atom. The zero-order valence-electron chi connectivity index (χ0n) is 8.84. The molecule has 0 radical (unpaired) electrons. The third-order valence-corrected chi connectivity index (χ3v) is 2.21. The van der Waals surface area contributed by atoms with Crippen LogP contribution in [0.3, 0.4) is 0 Å². The van der Waals surface area contributed by atoms with Crippen molar-refractivity contribution < 1.29 is 4.74 Å². The molecule has 1 aromatic heterocycles. The summed E-state index contributed by atoms with van der Waals surface area (Å²) in [5, 5.41) is 0. The number of anilines is 2. The highest BCUT2D eigenvalue weighted by atomic mass is 16.5. The lowest BCUT2D eigenvalue weighted by Crippen LogP contribution is -1.95. The lowest BCUT2D eigenvalue weighted by Gasteiger charge is -2.08. The third-order valence-electron chi connectivity index (χ3n) is 2.21. The van der Waals surface area contributed by atoms with Crippen LogP contribution in [0, 0.1) is 0 Å². The molecule has 0 amide bonds. The first-order valence-corrected chi connectivity index (χ1v) is 4.72. The summed E-state index contributed by atoms with van der Waals surface area (Å²) < 4.78 is 5.24. The van der Waals surface area contributed by atoms with E-state index in [1.807, 2.05) is 6.07 Å². The molecule has 5 heteroatoms. The van der Waals surface area contributed by atoms with E-state index in [0.29, 0.717) is 5.69 Å². The third kappa shape index (κ3) is 1.88. The van der Waals surface area contributed by atoms with E-state index >= 15 is 0 Å². The van der Waals surface area contributed by atoms with Crippen LogP contribution in [-0.4, -0.2) is 17.1 Å². The second-order valence-corrected chi connectivity index (χ2v) is 3.29. The van der Waals surface area contributed by atoms with Gasteiger partial charge in [0.15, 0.2) is 0 Å². The van der Waals surface area contributed by atoms with E-state index in [-0.39, 0.29) is 5.95 Å². The van der Waals surface area contributed by atoms with Gasteiger partial charge in [-0.2, -0.15) is 0 Å². The Morgan fingerprint density at radius 1 is 1.12 bits per heavy atom. The van der Waals surface area contributed by atoms with Crippen molar-refractivity contribution in [3.63, 3.8) is 0 Å². The van der Waals surface area contributed by atoms with Crippen molar-refractivity contribution in [3.8, 4) is 16.9 Å². The van der Waals surface area contributed by atoms with Crippen LogP contribution in [0.15, 0.2) is 30.6 Å². The Bertz CT molecular complexity index is 496. The largest absolute Gasteiger partial charge is 0.496 e. The summed E-state index contributed by atoms with van der Waals surface area (Å²) in [5.74, 6) is 0.967. The van der Waals surface area contributed by atoms with Crippen LogP contribution in [0.25, 0.3) is 11.1 Å². The molecular formula is C11H12N4O. The highest BCUT2D eigenvalue weighted by Crippen LogP contribution is 2.30. The first-order chi connectivity index (χ1) is 7.70. The van der Waals surface area contributed by atoms with Crippen molar-refractivity contribution in [1.29, 1.82) is 0 Å². The molecular weight excluding hydrogens is 204 g/mol. The normalized spacial score (nSPS) is 10.1. The fraction of sp³-hybridized carbons (Fsp3) is 0.0909. The van der Waals surface area contributed by atoms with Crippen molar-refractivity contribution in [1.82, 2.24) is 9.97 Å². The molecule has 0 spiro atoms. The zero-order chi connectivity index (χ0) is 11.5. The second kappa shape index (κ2) is 4.06. The molecule has 1 heterocycles. The van der Waals surface area contributed by atoms with Crippen LogP contribution in [0.5, 0.6) is 5.75 Å². The minimum atomic E-state index is 0.242. The summed E-state index contributed by atoms with van der Waals surface area (Å²) in [4.78, 5) is 7.86. The molecule has 0 bridgehead atoms. The summed E-state index contributed by atoms with van der Waals surface area (Å²) in [6.07, 6.45) is 3.28. The van der Waals surface area contributed by atoms with E-state index < -0.39 is 0 Å². The number of nitrogen functional groups attached to an aromatic ring is 2. The second-order valence-electron chi connectivity index (χ2n) is 3.29. The fourth-order valence-corrected chi connectivity index (χ4v) is 1.43. The Hall–Kier alpha value is -2.30. The molecule has 0 fully saturated rings. The topological polar surface area (TPSA) is 87.0 Å². The van der Waals surface area contributed by atoms with Gasteiger partial charge in [-0.05, 0) is 18.2 Å². The van der Waals surface area contributed by atoms with Crippen LogP contribution >= 0.6 is 0 Å². The van der Waals surface area contributed by atoms with Gasteiger partial charge in [0, 0.05) is 29.2 Å². The van der Waals surface area contributed by atoms with E-state index in [0.717, 1.165) is 16.9 Å². The van der Waals surface area contributed by atoms with Gasteiger partial charge in [-0.1, -0.05) is 0 Å². The van der Waals surface area contributed by atoms with E-state index in [1.165, 1.54) is 0 Å². The van der Waals surface area contributed by atoms with Crippen LogP contribution in [-0.2, 0) is 0 Å². The number of nitrogens with two attached hydrogens (primary N) is 2. The van der Waals surface area contributed by atoms with Crippen LogP contribution in [0.4, 0.5) is 11.6 Å². The fourth-order valence-electron chi connectivity index (χ4n) is 1.43. The summed E-state index contributed by atoms with van der Waals surface area (Å²) >= 11 is 0. The quantitative estimate of drug-likeness (QED) is 0.739. The summed E-state index contributed by atoms with van der Waals surface area (Å²) in [6, 6.07) is 5.40. The number of nitrogens with zero attached hydrogens (tertiary/aromatic N) is 2. The lowest BCUT2D eigenvalue weighted by molar-refractivity contribution is 0.416. The van der Waals surface area contributed by atoms with E-state index in [2.05, 4.69) is 9.97 Å². The van der Waals surface area contributed by atoms with Gasteiger partial charge in [-0.25, -0.2) is 9.97 Å². The van der Waals surface area contributed by atoms with E-state index in [4.69, 9.17) is 16.2 Å². The van der Waals surface area contributed by atoms with Crippen LogP contribution in [0.2, 0.25) is 0 Å². The molecule has 2 aromatic rings. The first-order valence-electron chi connectivity index (χ1n) is 4.72. The molecule has 0 aliphatic heterocycles. The Kier molecular flexibility index (Phi) is 2.59. The number of ether oxygens (including phenoxy) is 1. The molecule has 82 valence electrons. The number of aromatic nitrogens is 2. The molecule has 0 saturated heterocycles. The monoisotopic (exact) mass is 216 g/mol. The Balaban J connectivity index is 2.53. The maximum atomic E-state index is 5.73. The van der Waals surface area contributed by atoms with Crippen LogP contribution in [0.1, 0.15) is 0 Å². The lowest BCUT2D eigenvalue weighted by atomic mass is 10.1. The molecule has 0 aliphatic carbocycles. The van der Waals surface area contributed by atoms with Crippen LogP contribution < -0.4 is 16.2 Å². The minimum Gasteiger partial charge on any atom is -0.496 e. The highest BCUT2D eigenvalue weighted by Gasteiger charge is 2.06. The van der Waals surface area contributed by atoms with Gasteiger partial charge in [-0.15, -0.1) is 0 Å². The number of benzene rings is 1. The molecule has 16 heavy (non-hydrogen) atoms. The molecule has 2 rings (SSSR count). The molecule has 0 unspecified atom stereocenters. The van der Waals surface area contributed by atoms with Crippen molar-refractivity contribution in [3.05, 3.63) is 30.6 Å². The van der Waals surface area contributed by atoms with Gasteiger partial charge in [0.2, 0.25) is 5.95 Å². The Labute approximate surface area is 93.1 Å². The summed E-state index contributed by atoms with van der Waals surface area (Å²) in [5.41, 5.74) is 13.5. The maximum Gasteiger partial charge on any atom is 0.219 e. The highest BCUT2D eigenvalue weighted by molar-refractivity contribution is 5.73. The predicted molar refractivity (Wildman–Crippen MR) is 62.8 cm³/mol. The average Bonchev–Trinajstić information content (AvgIpc) is 2.30. The van der Waals surface area contributed by atoms with E-state index in [9.17, 15) is 0 Å². The molecule has 4 N–H and O–H groups in total. The number of methoxy groups -OCH3 is 1. The predicted octanol–water partition coefficient (Wildman–Crippen LogP) is 1.32. The zero-order valence-corrected chi connectivity index (χ0v) is 8.84. The number of hydrogen-bond donors (Lipinski definition) is 2. The molecule has 0 saturated carbocycles. The van der Waals surface area contributed by atoms with Crippen molar-refractivity contribution in [2.24, 2.45) is 0 Å². The van der Waals surface area contributed by atoms with Gasteiger partial charge in [0.05, 0.1) is 7.11 Å². The SMILES string of the molecule is COc1ccc(N)cc1-c1cnc(N)nc1. The Morgan fingerprint density at radius 2 is 1.81 bits per heavy atom. The van der Waals surface area contributed by atoms with Gasteiger partial charge in [-0.3, -0.25) is 0 Å². The average molecular weight is 216 g/mol. The van der Waals surface area contributed by atoms with Crippen molar-refractivity contribution >= 4 is 11.6 Å². The van der Waals surface area contributed by atoms with E-state index in [1.54, 1.807) is 31.6 Å². The van der Waals surface area contributed by atoms with Gasteiger partial charge >= 0.3 is 0 Å². The molecule has 1 aromatic carbocycles.